The van der Waals surface area contributed by atoms with Crippen LogP contribution in [0.5, 0.6) is 0 Å². The minimum absolute atomic E-state index is 0.756. The molecule has 1 aromatic heterocycles. The molecule has 0 fully saturated rings. The molecule has 0 bridgehead atoms. The van der Waals surface area contributed by atoms with Gasteiger partial charge in [-0.25, -0.2) is 4.98 Å². The molecule has 0 saturated carbocycles. The summed E-state index contributed by atoms with van der Waals surface area (Å²) in [7, 11) is -0.809. The Morgan fingerprint density at radius 3 is 3.30 bits per heavy atom. The lowest BCUT2D eigenvalue weighted by Gasteiger charge is -1.91. The normalized spacial score (nSPS) is 22.6. The highest BCUT2D eigenvalue weighted by Crippen LogP contribution is 2.18. The first-order valence-corrected chi connectivity index (χ1v) is 4.52. The van der Waals surface area contributed by atoms with Crippen molar-refractivity contribution in [2.24, 2.45) is 0 Å². The van der Waals surface area contributed by atoms with Gasteiger partial charge < -0.3 is 0 Å². The van der Waals surface area contributed by atoms with Gasteiger partial charge in [0.15, 0.2) is 0 Å². The van der Waals surface area contributed by atoms with E-state index in [0.29, 0.717) is 0 Å². The molecule has 0 radical (unpaired) electrons. The molecule has 0 spiro atoms. The fourth-order valence-electron chi connectivity index (χ4n) is 1.12. The summed E-state index contributed by atoms with van der Waals surface area (Å²) in [5, 5.41) is 0.794. The van der Waals surface area contributed by atoms with E-state index in [4.69, 9.17) is 0 Å². The van der Waals surface area contributed by atoms with Crippen molar-refractivity contribution in [1.29, 1.82) is 0 Å². The predicted molar refractivity (Wildman–Crippen MR) is 39.2 cm³/mol. The molecular formula is C7H7NOS. The van der Waals surface area contributed by atoms with E-state index in [2.05, 4.69) is 4.98 Å². The Hall–Kier alpha value is -0.700. The van der Waals surface area contributed by atoms with E-state index in [1.165, 1.54) is 0 Å². The van der Waals surface area contributed by atoms with Gasteiger partial charge in [-0.3, -0.25) is 4.21 Å². The molecule has 10 heavy (non-hydrogen) atoms. The summed E-state index contributed by atoms with van der Waals surface area (Å²) >= 11 is 0. The first-order chi connectivity index (χ1) is 4.88. The third-order valence-corrected chi connectivity index (χ3v) is 3.00. The van der Waals surface area contributed by atoms with Crippen LogP contribution in [-0.2, 0) is 17.2 Å². The average Bonchev–Trinajstić information content (AvgIpc) is 2.34. The summed E-state index contributed by atoms with van der Waals surface area (Å²) in [4.78, 5) is 4.04. The Bertz CT molecular complexity index is 285. The van der Waals surface area contributed by atoms with Crippen LogP contribution < -0.4 is 0 Å². The Labute approximate surface area is 61.7 Å². The molecule has 1 aromatic rings. The molecule has 0 aromatic carbocycles. The predicted octanol–water partition coefficient (Wildman–Crippen LogP) is 0.745. The Balaban J connectivity index is 2.61. The van der Waals surface area contributed by atoms with E-state index in [1.807, 2.05) is 12.1 Å². The van der Waals surface area contributed by atoms with Gasteiger partial charge in [0.05, 0.1) is 10.8 Å². The molecule has 0 saturated heterocycles. The van der Waals surface area contributed by atoms with Crippen LogP contribution in [0, 0.1) is 0 Å². The Morgan fingerprint density at radius 2 is 2.50 bits per heavy atom. The largest absolute Gasteiger partial charge is 0.253 e. The van der Waals surface area contributed by atoms with Crippen LogP contribution in [0.4, 0.5) is 0 Å². The second-order valence-corrected chi connectivity index (χ2v) is 3.75. The van der Waals surface area contributed by atoms with Gasteiger partial charge in [0, 0.05) is 11.9 Å². The molecule has 0 N–H and O–H groups in total. The summed E-state index contributed by atoms with van der Waals surface area (Å²) < 4.78 is 11.1. The number of pyridine rings is 1. The van der Waals surface area contributed by atoms with Gasteiger partial charge in [-0.05, 0) is 18.1 Å². The Kier molecular flexibility index (Phi) is 1.31. The number of rotatable bonds is 0. The number of nitrogens with zero attached hydrogens (tertiary/aromatic N) is 1. The molecular weight excluding hydrogens is 146 g/mol. The van der Waals surface area contributed by atoms with Crippen LogP contribution in [0.15, 0.2) is 23.4 Å². The highest BCUT2D eigenvalue weighted by atomic mass is 32.2. The summed E-state index contributed by atoms with van der Waals surface area (Å²) in [6.07, 6.45) is 2.62. The molecule has 0 amide bonds. The molecule has 52 valence electrons. The van der Waals surface area contributed by atoms with Crippen LogP contribution in [0.2, 0.25) is 0 Å². The fraction of sp³-hybridized carbons (Fsp3) is 0.286. The zero-order chi connectivity index (χ0) is 6.97. The quantitative estimate of drug-likeness (QED) is 0.550. The van der Waals surface area contributed by atoms with Gasteiger partial charge in [0.25, 0.3) is 0 Å². The third-order valence-electron chi connectivity index (χ3n) is 1.62. The lowest BCUT2D eigenvalue weighted by Crippen LogP contribution is -1.89. The van der Waals surface area contributed by atoms with Crippen molar-refractivity contribution < 1.29 is 4.21 Å². The standard InChI is InChI=1S/C7H7NOS/c9-10-5-3-6-2-1-4-8-7(6)10/h1-2,4H,3,5H2. The molecule has 0 aliphatic carbocycles. The smallest absolute Gasteiger partial charge is 0.130 e. The molecule has 3 heteroatoms. The maximum atomic E-state index is 11.1. The van der Waals surface area contributed by atoms with Crippen LogP contribution in [-0.4, -0.2) is 14.9 Å². The average molecular weight is 153 g/mol. The number of hydrogen-bond donors (Lipinski definition) is 0. The van der Waals surface area contributed by atoms with Crippen molar-refractivity contribution in [3.05, 3.63) is 23.9 Å². The van der Waals surface area contributed by atoms with Gasteiger partial charge in [-0.2, -0.15) is 0 Å². The van der Waals surface area contributed by atoms with Crippen LogP contribution in [0.25, 0.3) is 0 Å². The summed E-state index contributed by atoms with van der Waals surface area (Å²) in [5.41, 5.74) is 1.15. The fourth-order valence-corrected chi connectivity index (χ4v) is 2.36. The maximum absolute atomic E-state index is 11.1. The minimum Gasteiger partial charge on any atom is -0.253 e. The van der Waals surface area contributed by atoms with Crippen molar-refractivity contribution >= 4 is 10.8 Å². The molecule has 2 nitrogen and oxygen atoms in total. The van der Waals surface area contributed by atoms with Crippen molar-refractivity contribution in [1.82, 2.24) is 4.98 Å². The van der Waals surface area contributed by atoms with Crippen molar-refractivity contribution in [3.8, 4) is 0 Å². The van der Waals surface area contributed by atoms with E-state index in [9.17, 15) is 4.21 Å². The number of fused-ring (bicyclic) bond motifs is 1. The molecule has 1 aliphatic rings. The van der Waals surface area contributed by atoms with Crippen LogP contribution >= 0.6 is 0 Å². The van der Waals surface area contributed by atoms with Gasteiger partial charge >= 0.3 is 0 Å². The summed E-state index contributed by atoms with van der Waals surface area (Å²) in [6.45, 7) is 0. The van der Waals surface area contributed by atoms with Crippen LogP contribution in [0.1, 0.15) is 5.56 Å². The van der Waals surface area contributed by atoms with Gasteiger partial charge in [-0.15, -0.1) is 0 Å². The second kappa shape index (κ2) is 2.16. The minimum atomic E-state index is -0.809. The molecule has 1 aliphatic heterocycles. The summed E-state index contributed by atoms with van der Waals surface area (Å²) in [5.74, 6) is 0.756. The number of aromatic nitrogens is 1. The first kappa shape index (κ1) is 6.04. The maximum Gasteiger partial charge on any atom is 0.130 e. The van der Waals surface area contributed by atoms with E-state index < -0.39 is 10.8 Å². The van der Waals surface area contributed by atoms with Gasteiger partial charge in [0.2, 0.25) is 0 Å². The molecule has 2 rings (SSSR count). The second-order valence-electron chi connectivity index (χ2n) is 2.27. The van der Waals surface area contributed by atoms with Crippen molar-refractivity contribution in [3.63, 3.8) is 0 Å². The number of hydrogen-bond acceptors (Lipinski definition) is 2. The van der Waals surface area contributed by atoms with E-state index in [0.717, 1.165) is 22.8 Å². The molecule has 1 unspecified atom stereocenters. The monoisotopic (exact) mass is 153 g/mol. The van der Waals surface area contributed by atoms with Crippen molar-refractivity contribution in [2.45, 2.75) is 11.4 Å². The lowest BCUT2D eigenvalue weighted by molar-refractivity contribution is 0.683. The highest BCUT2D eigenvalue weighted by Gasteiger charge is 2.17. The van der Waals surface area contributed by atoms with Gasteiger partial charge in [-0.1, -0.05) is 6.07 Å². The number of aryl methyl sites for hydroxylation is 1. The van der Waals surface area contributed by atoms with E-state index in [-0.39, 0.29) is 0 Å². The van der Waals surface area contributed by atoms with Crippen LogP contribution in [0.3, 0.4) is 0 Å². The Morgan fingerprint density at radius 1 is 1.60 bits per heavy atom. The zero-order valence-electron chi connectivity index (χ0n) is 5.41. The molecule has 2 heterocycles. The third kappa shape index (κ3) is 0.778. The molecule has 1 atom stereocenters. The van der Waals surface area contributed by atoms with Crippen molar-refractivity contribution in [2.75, 3.05) is 5.75 Å². The van der Waals surface area contributed by atoms with Gasteiger partial charge in [0.1, 0.15) is 5.03 Å². The first-order valence-electron chi connectivity index (χ1n) is 3.20. The highest BCUT2D eigenvalue weighted by molar-refractivity contribution is 7.85. The van der Waals surface area contributed by atoms with E-state index in [1.54, 1.807) is 6.20 Å². The lowest BCUT2D eigenvalue weighted by atomic mass is 10.2. The van der Waals surface area contributed by atoms with E-state index >= 15 is 0 Å². The summed E-state index contributed by atoms with van der Waals surface area (Å²) in [6, 6.07) is 3.88. The topological polar surface area (TPSA) is 30.0 Å². The zero-order valence-corrected chi connectivity index (χ0v) is 6.23. The SMILES string of the molecule is O=S1CCc2cccnc21.